The molecule has 0 atom stereocenters. The van der Waals surface area contributed by atoms with E-state index >= 15 is 0 Å². The summed E-state index contributed by atoms with van der Waals surface area (Å²) >= 11 is 0. The van der Waals surface area contributed by atoms with E-state index < -0.39 is 11.9 Å². The van der Waals surface area contributed by atoms with E-state index in [1.54, 1.807) is 30.3 Å². The topological polar surface area (TPSA) is 88.5 Å². The maximum atomic E-state index is 12.4. The molecule has 25 heavy (non-hydrogen) atoms. The Morgan fingerprint density at radius 2 is 1.68 bits per heavy atom. The van der Waals surface area contributed by atoms with Crippen molar-refractivity contribution in [1.82, 2.24) is 4.98 Å². The van der Waals surface area contributed by atoms with Crippen molar-refractivity contribution in [2.45, 2.75) is 0 Å². The molecule has 0 aliphatic rings. The summed E-state index contributed by atoms with van der Waals surface area (Å²) in [5, 5.41) is 11.7. The van der Waals surface area contributed by atoms with Gasteiger partial charge in [0.15, 0.2) is 5.69 Å². The van der Waals surface area contributed by atoms with Gasteiger partial charge in [-0.25, -0.2) is 9.78 Å². The second-order valence-electron chi connectivity index (χ2n) is 5.10. The lowest BCUT2D eigenvalue weighted by atomic mass is 10.2. The zero-order valence-electron chi connectivity index (χ0n) is 13.0. The largest absolute Gasteiger partial charge is 0.476 e. The quantitative estimate of drug-likeness (QED) is 0.740. The third-order valence-electron chi connectivity index (χ3n) is 3.33. The Bertz CT molecular complexity index is 910. The van der Waals surface area contributed by atoms with E-state index in [2.05, 4.69) is 10.3 Å². The number of hydrogen-bond acceptors (Lipinski definition) is 4. The summed E-state index contributed by atoms with van der Waals surface area (Å²) in [5.74, 6) is -0.505. The summed E-state index contributed by atoms with van der Waals surface area (Å²) in [6.07, 6.45) is 1.35. The number of pyridine rings is 1. The number of aromatic nitrogens is 1. The summed E-state index contributed by atoms with van der Waals surface area (Å²) in [7, 11) is 0. The first-order valence-corrected chi connectivity index (χ1v) is 7.46. The molecule has 0 saturated heterocycles. The van der Waals surface area contributed by atoms with Gasteiger partial charge in [0.1, 0.15) is 11.5 Å². The van der Waals surface area contributed by atoms with Crippen LogP contribution >= 0.6 is 0 Å². The van der Waals surface area contributed by atoms with Crippen LogP contribution in [0.4, 0.5) is 5.69 Å². The number of carbonyl (C=O) groups is 2. The Morgan fingerprint density at radius 1 is 0.920 bits per heavy atom. The fourth-order valence-corrected chi connectivity index (χ4v) is 2.20. The zero-order valence-corrected chi connectivity index (χ0v) is 13.0. The molecule has 1 aromatic heterocycles. The molecular weight excluding hydrogens is 320 g/mol. The van der Waals surface area contributed by atoms with Crippen molar-refractivity contribution in [2.75, 3.05) is 5.32 Å². The maximum absolute atomic E-state index is 12.4. The van der Waals surface area contributed by atoms with Gasteiger partial charge in [0.2, 0.25) is 0 Å². The SMILES string of the molecule is O=C(Nc1cccnc1C(=O)O)c1cccc(Oc2ccccc2)c1. The van der Waals surface area contributed by atoms with Crippen molar-refractivity contribution in [3.8, 4) is 11.5 Å². The highest BCUT2D eigenvalue weighted by Gasteiger charge is 2.14. The number of nitrogens with zero attached hydrogens (tertiary/aromatic N) is 1. The highest BCUT2D eigenvalue weighted by atomic mass is 16.5. The molecule has 0 saturated carbocycles. The van der Waals surface area contributed by atoms with Crippen molar-refractivity contribution in [3.63, 3.8) is 0 Å². The number of aromatic carboxylic acids is 1. The molecule has 0 unspecified atom stereocenters. The van der Waals surface area contributed by atoms with Crippen molar-refractivity contribution in [3.05, 3.63) is 84.2 Å². The van der Waals surface area contributed by atoms with Gasteiger partial charge in [-0.1, -0.05) is 24.3 Å². The number of carbonyl (C=O) groups excluding carboxylic acids is 1. The Hall–Kier alpha value is -3.67. The van der Waals surface area contributed by atoms with Gasteiger partial charge in [0.05, 0.1) is 5.69 Å². The van der Waals surface area contributed by atoms with Crippen LogP contribution in [-0.2, 0) is 0 Å². The van der Waals surface area contributed by atoms with Crippen molar-refractivity contribution in [2.24, 2.45) is 0 Å². The highest BCUT2D eigenvalue weighted by molar-refractivity contribution is 6.07. The molecule has 3 aromatic rings. The van der Waals surface area contributed by atoms with Crippen molar-refractivity contribution < 1.29 is 19.4 Å². The fourth-order valence-electron chi connectivity index (χ4n) is 2.20. The van der Waals surface area contributed by atoms with Crippen LogP contribution in [0.1, 0.15) is 20.8 Å². The third-order valence-corrected chi connectivity index (χ3v) is 3.33. The smallest absolute Gasteiger partial charge is 0.356 e. The number of nitrogens with one attached hydrogen (secondary N) is 1. The number of anilines is 1. The second-order valence-corrected chi connectivity index (χ2v) is 5.10. The predicted molar refractivity (Wildman–Crippen MR) is 92.1 cm³/mol. The van der Waals surface area contributed by atoms with Crippen LogP contribution in [0.5, 0.6) is 11.5 Å². The summed E-state index contributed by atoms with van der Waals surface area (Å²) in [4.78, 5) is 27.3. The van der Waals surface area contributed by atoms with E-state index in [1.165, 1.54) is 12.3 Å². The van der Waals surface area contributed by atoms with Crippen molar-refractivity contribution in [1.29, 1.82) is 0 Å². The number of hydrogen-bond donors (Lipinski definition) is 2. The summed E-state index contributed by atoms with van der Waals surface area (Å²) < 4.78 is 5.69. The Labute approximate surface area is 143 Å². The van der Waals surface area contributed by atoms with Crippen LogP contribution in [0.15, 0.2) is 72.9 Å². The van der Waals surface area contributed by atoms with Crippen LogP contribution < -0.4 is 10.1 Å². The van der Waals surface area contributed by atoms with Crippen molar-refractivity contribution >= 4 is 17.6 Å². The van der Waals surface area contributed by atoms with Crippen LogP contribution in [0.25, 0.3) is 0 Å². The first-order valence-electron chi connectivity index (χ1n) is 7.46. The lowest BCUT2D eigenvalue weighted by Crippen LogP contribution is -2.15. The highest BCUT2D eigenvalue weighted by Crippen LogP contribution is 2.22. The molecule has 124 valence electrons. The minimum atomic E-state index is -1.21. The standard InChI is InChI=1S/C19H14N2O4/c22-18(21-16-10-5-11-20-17(16)19(23)24)13-6-4-9-15(12-13)25-14-7-2-1-3-8-14/h1-12H,(H,21,22)(H,23,24). The fraction of sp³-hybridized carbons (Fsp3) is 0. The van der Waals surface area contributed by atoms with Gasteiger partial charge >= 0.3 is 5.97 Å². The summed E-state index contributed by atoms with van der Waals surface area (Å²) in [5.41, 5.74) is 0.260. The molecule has 2 N–H and O–H groups in total. The number of benzene rings is 2. The lowest BCUT2D eigenvalue weighted by molar-refractivity contribution is 0.0691. The third kappa shape index (κ3) is 4.00. The van der Waals surface area contributed by atoms with Gasteiger partial charge in [0.25, 0.3) is 5.91 Å². The monoisotopic (exact) mass is 334 g/mol. The van der Waals surface area contributed by atoms with Gasteiger partial charge in [-0.05, 0) is 42.5 Å². The molecule has 0 fully saturated rings. The molecule has 0 radical (unpaired) electrons. The van der Waals surface area contributed by atoms with E-state index in [9.17, 15) is 9.59 Å². The molecule has 0 bridgehead atoms. The molecular formula is C19H14N2O4. The molecule has 1 heterocycles. The minimum Gasteiger partial charge on any atom is -0.476 e. The molecule has 6 heteroatoms. The summed E-state index contributed by atoms with van der Waals surface area (Å²) in [6.45, 7) is 0. The molecule has 1 amide bonds. The number of carboxylic acid groups (broad SMARTS) is 1. The van der Waals surface area contributed by atoms with Crippen LogP contribution in [0.3, 0.4) is 0 Å². The number of para-hydroxylation sites is 1. The molecule has 6 nitrogen and oxygen atoms in total. The maximum Gasteiger partial charge on any atom is 0.356 e. The minimum absolute atomic E-state index is 0.134. The Balaban J connectivity index is 1.79. The summed E-state index contributed by atoms with van der Waals surface area (Å²) in [6, 6.07) is 18.8. The first kappa shape index (κ1) is 16.2. The van der Waals surface area contributed by atoms with Crippen LogP contribution in [-0.4, -0.2) is 22.0 Å². The predicted octanol–water partition coefficient (Wildman–Crippen LogP) is 3.82. The number of carboxylic acids is 1. The number of ether oxygens (including phenoxy) is 1. The first-order chi connectivity index (χ1) is 12.1. The van der Waals surface area contributed by atoms with Crippen LogP contribution in [0, 0.1) is 0 Å². The molecule has 0 spiro atoms. The van der Waals surface area contributed by atoms with Gasteiger partial charge in [-0.3, -0.25) is 4.79 Å². The van der Waals surface area contributed by atoms with Gasteiger partial charge in [0, 0.05) is 11.8 Å². The lowest BCUT2D eigenvalue weighted by Gasteiger charge is -2.09. The van der Waals surface area contributed by atoms with E-state index in [1.807, 2.05) is 30.3 Å². The zero-order chi connectivity index (χ0) is 17.6. The normalized spacial score (nSPS) is 10.1. The number of amides is 1. The number of rotatable bonds is 5. The molecule has 0 aliphatic heterocycles. The van der Waals surface area contributed by atoms with Gasteiger partial charge in [-0.15, -0.1) is 0 Å². The molecule has 2 aromatic carbocycles. The van der Waals surface area contributed by atoms with Gasteiger partial charge < -0.3 is 15.2 Å². The van der Waals surface area contributed by atoms with Crippen LogP contribution in [0.2, 0.25) is 0 Å². The Kier molecular flexibility index (Phi) is 4.71. The van der Waals surface area contributed by atoms with E-state index in [4.69, 9.17) is 9.84 Å². The average Bonchev–Trinajstić information content (AvgIpc) is 2.63. The van der Waals surface area contributed by atoms with Gasteiger partial charge in [-0.2, -0.15) is 0 Å². The second kappa shape index (κ2) is 7.27. The Morgan fingerprint density at radius 3 is 2.44 bits per heavy atom. The molecule has 3 rings (SSSR count). The molecule has 0 aliphatic carbocycles. The average molecular weight is 334 g/mol. The van der Waals surface area contributed by atoms with E-state index in [0.29, 0.717) is 17.1 Å². The van der Waals surface area contributed by atoms with E-state index in [-0.39, 0.29) is 11.4 Å². The van der Waals surface area contributed by atoms with E-state index in [0.717, 1.165) is 0 Å².